The fourth-order valence-electron chi connectivity index (χ4n) is 3.93. The van der Waals surface area contributed by atoms with Crippen molar-refractivity contribution in [1.29, 1.82) is 0 Å². The van der Waals surface area contributed by atoms with E-state index in [9.17, 15) is 14.0 Å². The first-order valence-electron chi connectivity index (χ1n) is 9.60. The molecule has 5 rings (SSSR count). The number of benzene rings is 2. The molecule has 0 fully saturated rings. The number of rotatable bonds is 3. The van der Waals surface area contributed by atoms with Gasteiger partial charge in [-0.2, -0.15) is 0 Å². The number of hydrogen-bond donors (Lipinski definition) is 0. The first kappa shape index (κ1) is 18.3. The maximum absolute atomic E-state index is 14.8. The van der Waals surface area contributed by atoms with Crippen LogP contribution in [0.15, 0.2) is 62.3 Å². The number of carbonyl (C=O) groups is 1. The highest BCUT2D eigenvalue weighted by molar-refractivity contribution is 6.10. The third-order valence-electron chi connectivity index (χ3n) is 5.40. The molecule has 0 unspecified atom stereocenters. The van der Waals surface area contributed by atoms with Gasteiger partial charge in [-0.1, -0.05) is 36.3 Å². The molecular weight excluding hydrogens is 387 g/mol. The van der Waals surface area contributed by atoms with Gasteiger partial charge in [-0.3, -0.25) is 14.5 Å². The van der Waals surface area contributed by atoms with Gasteiger partial charge in [0.25, 0.3) is 5.91 Å². The molecule has 4 aromatic rings. The van der Waals surface area contributed by atoms with Crippen molar-refractivity contribution < 1.29 is 18.1 Å². The van der Waals surface area contributed by atoms with Crippen molar-refractivity contribution in [2.45, 2.75) is 26.3 Å². The Morgan fingerprint density at radius 3 is 2.63 bits per heavy atom. The summed E-state index contributed by atoms with van der Waals surface area (Å²) >= 11 is 0. The molecule has 2 aromatic carbocycles. The predicted molar refractivity (Wildman–Crippen MR) is 108 cm³/mol. The van der Waals surface area contributed by atoms with Crippen molar-refractivity contribution in [3.63, 3.8) is 0 Å². The monoisotopic (exact) mass is 404 g/mol. The molecule has 0 radical (unpaired) electrons. The lowest BCUT2D eigenvalue weighted by molar-refractivity contribution is 0.0969. The van der Waals surface area contributed by atoms with E-state index in [1.165, 1.54) is 11.0 Å². The van der Waals surface area contributed by atoms with E-state index in [1.807, 2.05) is 13.0 Å². The molecular formula is C23H17FN2O4. The Labute approximate surface area is 170 Å². The molecule has 30 heavy (non-hydrogen) atoms. The molecule has 1 aliphatic heterocycles. The second-order valence-electron chi connectivity index (χ2n) is 7.25. The number of carbonyl (C=O) groups excluding carboxylic acids is 1. The quantitative estimate of drug-likeness (QED) is 0.501. The molecule has 6 nitrogen and oxygen atoms in total. The Bertz CT molecular complexity index is 1370. The van der Waals surface area contributed by atoms with Crippen LogP contribution in [0.1, 0.15) is 46.0 Å². The molecule has 150 valence electrons. The van der Waals surface area contributed by atoms with Crippen LogP contribution in [0.25, 0.3) is 11.0 Å². The fraction of sp³-hybridized carbons (Fsp3) is 0.174. The van der Waals surface area contributed by atoms with Crippen LogP contribution in [-0.4, -0.2) is 11.1 Å². The van der Waals surface area contributed by atoms with Gasteiger partial charge in [0.1, 0.15) is 17.2 Å². The second-order valence-corrected chi connectivity index (χ2v) is 7.25. The highest BCUT2D eigenvalue weighted by atomic mass is 19.1. The Hall–Kier alpha value is -3.74. The molecule has 0 spiro atoms. The SMILES string of the molecule is CCc1ccc2oc3c(c(=O)c2c1)[C@H](c1ccccc1F)N(c1cc(C)on1)C3=O. The number of amides is 1. The minimum atomic E-state index is -1.01. The summed E-state index contributed by atoms with van der Waals surface area (Å²) in [5.74, 6) is -0.529. The lowest BCUT2D eigenvalue weighted by atomic mass is 9.97. The number of fused-ring (bicyclic) bond motifs is 2. The number of aromatic nitrogens is 1. The maximum Gasteiger partial charge on any atom is 0.296 e. The first-order chi connectivity index (χ1) is 14.5. The van der Waals surface area contributed by atoms with E-state index in [0.717, 1.165) is 12.0 Å². The number of aryl methyl sites for hydroxylation is 2. The van der Waals surface area contributed by atoms with Crippen LogP contribution in [0.5, 0.6) is 0 Å². The molecule has 1 amide bonds. The van der Waals surface area contributed by atoms with E-state index in [4.69, 9.17) is 8.94 Å². The number of anilines is 1. The zero-order chi connectivity index (χ0) is 21.0. The third kappa shape index (κ3) is 2.58. The number of halogens is 1. The minimum Gasteiger partial charge on any atom is -0.450 e. The van der Waals surface area contributed by atoms with Crippen molar-refractivity contribution in [2.75, 3.05) is 4.90 Å². The summed E-state index contributed by atoms with van der Waals surface area (Å²) in [5.41, 5.74) is 1.21. The predicted octanol–water partition coefficient (Wildman–Crippen LogP) is 4.54. The molecule has 0 saturated carbocycles. The number of nitrogens with zero attached hydrogens (tertiary/aromatic N) is 2. The molecule has 2 aromatic heterocycles. The van der Waals surface area contributed by atoms with Crippen LogP contribution < -0.4 is 10.3 Å². The Balaban J connectivity index is 1.84. The lowest BCUT2D eigenvalue weighted by Crippen LogP contribution is -2.30. The van der Waals surface area contributed by atoms with Gasteiger partial charge in [0.15, 0.2) is 11.2 Å². The van der Waals surface area contributed by atoms with Gasteiger partial charge in [-0.15, -0.1) is 0 Å². The highest BCUT2D eigenvalue weighted by Gasteiger charge is 2.45. The molecule has 0 N–H and O–H groups in total. The van der Waals surface area contributed by atoms with E-state index in [-0.39, 0.29) is 28.1 Å². The van der Waals surface area contributed by atoms with Gasteiger partial charge in [0, 0.05) is 11.6 Å². The van der Waals surface area contributed by atoms with Crippen molar-refractivity contribution >= 4 is 22.7 Å². The molecule has 0 bridgehead atoms. The first-order valence-corrected chi connectivity index (χ1v) is 9.60. The smallest absolute Gasteiger partial charge is 0.296 e. The van der Waals surface area contributed by atoms with Gasteiger partial charge in [-0.05, 0) is 37.1 Å². The maximum atomic E-state index is 14.8. The van der Waals surface area contributed by atoms with Crippen molar-refractivity contribution in [3.8, 4) is 0 Å². The highest BCUT2D eigenvalue weighted by Crippen LogP contribution is 2.41. The molecule has 0 aliphatic carbocycles. The van der Waals surface area contributed by atoms with E-state index in [1.54, 1.807) is 43.3 Å². The minimum absolute atomic E-state index is 0.103. The average Bonchev–Trinajstić information content (AvgIpc) is 3.29. The zero-order valence-corrected chi connectivity index (χ0v) is 16.3. The lowest BCUT2D eigenvalue weighted by Gasteiger charge is -2.22. The van der Waals surface area contributed by atoms with Crippen molar-refractivity contribution in [2.24, 2.45) is 0 Å². The molecule has 7 heteroatoms. The Kier molecular flexibility index (Phi) is 4.06. The van der Waals surface area contributed by atoms with Crippen LogP contribution in [0.4, 0.5) is 10.2 Å². The van der Waals surface area contributed by atoms with E-state index in [2.05, 4.69) is 5.16 Å². The molecule has 3 heterocycles. The summed E-state index contributed by atoms with van der Waals surface area (Å²) in [6, 6.07) is 11.9. The summed E-state index contributed by atoms with van der Waals surface area (Å²) < 4.78 is 25.8. The second kappa shape index (κ2) is 6.66. The number of hydrogen-bond acceptors (Lipinski definition) is 5. The van der Waals surface area contributed by atoms with E-state index in [0.29, 0.717) is 16.7 Å². The van der Waals surface area contributed by atoms with Crippen LogP contribution in [-0.2, 0) is 6.42 Å². The third-order valence-corrected chi connectivity index (χ3v) is 5.40. The Morgan fingerprint density at radius 1 is 1.13 bits per heavy atom. The summed E-state index contributed by atoms with van der Waals surface area (Å²) in [6.45, 7) is 3.67. The topological polar surface area (TPSA) is 76.6 Å². The van der Waals surface area contributed by atoms with Crippen LogP contribution in [0.3, 0.4) is 0 Å². The Morgan fingerprint density at radius 2 is 1.93 bits per heavy atom. The van der Waals surface area contributed by atoms with Gasteiger partial charge >= 0.3 is 0 Å². The summed E-state index contributed by atoms with van der Waals surface area (Å²) in [4.78, 5) is 28.1. The molecule has 1 atom stereocenters. The average molecular weight is 404 g/mol. The molecule has 1 aliphatic rings. The normalized spacial score (nSPS) is 15.8. The van der Waals surface area contributed by atoms with Gasteiger partial charge < -0.3 is 8.94 Å². The zero-order valence-electron chi connectivity index (χ0n) is 16.3. The largest absolute Gasteiger partial charge is 0.450 e. The summed E-state index contributed by atoms with van der Waals surface area (Å²) in [7, 11) is 0. The van der Waals surface area contributed by atoms with Crippen LogP contribution in [0.2, 0.25) is 0 Å². The van der Waals surface area contributed by atoms with Gasteiger partial charge in [-0.25, -0.2) is 4.39 Å². The van der Waals surface area contributed by atoms with Gasteiger partial charge in [0.05, 0.1) is 17.0 Å². The van der Waals surface area contributed by atoms with Crippen molar-refractivity contribution in [1.82, 2.24) is 5.16 Å². The standard InChI is InChI=1S/C23H17FN2O4/c1-3-13-8-9-17-15(11-13)21(27)19-20(14-6-4-5-7-16(14)24)26(23(28)22(19)29-17)18-10-12(2)30-25-18/h4-11,20H,3H2,1-2H3/t20-/m0/s1. The van der Waals surface area contributed by atoms with Gasteiger partial charge in [0.2, 0.25) is 5.76 Å². The molecule has 0 saturated heterocycles. The van der Waals surface area contributed by atoms with E-state index >= 15 is 0 Å². The van der Waals surface area contributed by atoms with Crippen molar-refractivity contribution in [3.05, 3.63) is 92.8 Å². The van der Waals surface area contributed by atoms with E-state index < -0.39 is 17.8 Å². The summed E-state index contributed by atoms with van der Waals surface area (Å²) in [5, 5.41) is 4.29. The van der Waals surface area contributed by atoms with Crippen LogP contribution >= 0.6 is 0 Å². The fourth-order valence-corrected chi connectivity index (χ4v) is 3.93. The summed E-state index contributed by atoms with van der Waals surface area (Å²) in [6.07, 6.45) is 0.743. The van der Waals surface area contributed by atoms with Crippen LogP contribution in [0, 0.1) is 12.7 Å².